The Labute approximate surface area is 141 Å². The fourth-order valence-electron chi connectivity index (χ4n) is 2.23. The van der Waals surface area contributed by atoms with Gasteiger partial charge in [-0.2, -0.15) is 4.98 Å². The normalized spacial score (nSPS) is 14.6. The maximum Gasteiger partial charge on any atom is 0.303 e. The number of carboxylic acids is 1. The lowest BCUT2D eigenvalue weighted by molar-refractivity contribution is -0.136. The van der Waals surface area contributed by atoms with Crippen LogP contribution in [0, 0.1) is 5.82 Å². The molecule has 2 aromatic rings. The highest BCUT2D eigenvalue weighted by molar-refractivity contribution is 7.13. The van der Waals surface area contributed by atoms with Gasteiger partial charge in [-0.15, -0.1) is 11.3 Å². The Hall–Kier alpha value is -2.33. The Kier molecular flexibility index (Phi) is 5.16. The molecule has 128 valence electrons. The average Bonchev–Trinajstić information content (AvgIpc) is 3.03. The molecule has 0 atom stereocenters. The molecule has 0 unspecified atom stereocenters. The van der Waals surface area contributed by atoms with Crippen LogP contribution in [-0.2, 0) is 16.0 Å². The van der Waals surface area contributed by atoms with Crippen LogP contribution < -0.4 is 10.2 Å². The Bertz CT molecular complexity index is 720. The van der Waals surface area contributed by atoms with Gasteiger partial charge in [-0.1, -0.05) is 0 Å². The summed E-state index contributed by atoms with van der Waals surface area (Å²) in [7, 11) is 0. The maximum atomic E-state index is 14.0. The van der Waals surface area contributed by atoms with Gasteiger partial charge in [0.25, 0.3) is 0 Å². The first-order valence-electron chi connectivity index (χ1n) is 7.40. The van der Waals surface area contributed by atoms with E-state index in [2.05, 4.69) is 20.3 Å². The summed E-state index contributed by atoms with van der Waals surface area (Å²) in [4.78, 5) is 24.8. The highest BCUT2D eigenvalue weighted by Gasteiger charge is 2.18. The van der Waals surface area contributed by atoms with Crippen molar-refractivity contribution in [3.63, 3.8) is 0 Å². The van der Waals surface area contributed by atoms with E-state index >= 15 is 0 Å². The van der Waals surface area contributed by atoms with Crippen LogP contribution in [0.1, 0.15) is 12.1 Å². The van der Waals surface area contributed by atoms with Gasteiger partial charge in [0.15, 0.2) is 16.8 Å². The number of aryl methyl sites for hydroxylation is 1. The molecule has 0 amide bonds. The molecular formula is C14H16FN5O3S. The summed E-state index contributed by atoms with van der Waals surface area (Å²) >= 11 is 1.32. The third kappa shape index (κ3) is 4.15. The van der Waals surface area contributed by atoms with Gasteiger partial charge in [0.1, 0.15) is 0 Å². The molecule has 3 rings (SSSR count). The number of ether oxygens (including phenoxy) is 1. The van der Waals surface area contributed by atoms with E-state index < -0.39 is 11.8 Å². The van der Waals surface area contributed by atoms with Crippen molar-refractivity contribution >= 4 is 34.2 Å². The monoisotopic (exact) mass is 353 g/mol. The fraction of sp³-hybridized carbons (Fsp3) is 0.429. The zero-order valence-electron chi connectivity index (χ0n) is 12.7. The molecule has 10 heteroatoms. The van der Waals surface area contributed by atoms with Gasteiger partial charge in [-0.3, -0.25) is 10.1 Å². The van der Waals surface area contributed by atoms with Crippen LogP contribution in [0.4, 0.5) is 21.3 Å². The number of rotatable bonds is 6. The number of hydrogen-bond acceptors (Lipinski definition) is 8. The highest BCUT2D eigenvalue weighted by atomic mass is 32.1. The van der Waals surface area contributed by atoms with Gasteiger partial charge in [0.05, 0.1) is 31.5 Å². The van der Waals surface area contributed by atoms with Crippen molar-refractivity contribution in [2.24, 2.45) is 0 Å². The number of carbonyl (C=O) groups is 1. The Balaban J connectivity index is 1.70. The second kappa shape index (κ2) is 7.49. The lowest BCUT2D eigenvalue weighted by atomic mass is 10.3. The Morgan fingerprint density at radius 2 is 2.21 bits per heavy atom. The standard InChI is InChI=1S/C14H16FN5O3S/c15-10-7-16-13(18-12(10)20-3-5-23-6-4-20)19-14-17-9(8-24-14)1-2-11(21)22/h7-8H,1-6H2,(H,21,22)(H,16,17,18,19). The number of anilines is 3. The summed E-state index contributed by atoms with van der Waals surface area (Å²) in [6.45, 7) is 2.21. The lowest BCUT2D eigenvalue weighted by Crippen LogP contribution is -2.37. The van der Waals surface area contributed by atoms with Gasteiger partial charge in [0.2, 0.25) is 5.95 Å². The van der Waals surface area contributed by atoms with E-state index in [-0.39, 0.29) is 18.2 Å². The van der Waals surface area contributed by atoms with Gasteiger partial charge in [-0.25, -0.2) is 14.4 Å². The first kappa shape index (κ1) is 16.5. The number of aromatic nitrogens is 3. The number of thiazole rings is 1. The van der Waals surface area contributed by atoms with Crippen LogP contribution in [0.25, 0.3) is 0 Å². The molecule has 1 aliphatic heterocycles. The van der Waals surface area contributed by atoms with Crippen molar-refractivity contribution in [3.05, 3.63) is 23.1 Å². The number of nitrogens with one attached hydrogen (secondary N) is 1. The number of hydrogen-bond donors (Lipinski definition) is 2. The molecule has 2 aromatic heterocycles. The number of aliphatic carboxylic acids is 1. The summed E-state index contributed by atoms with van der Waals surface area (Å²) in [5.41, 5.74) is 0.681. The molecule has 2 N–H and O–H groups in total. The molecule has 8 nitrogen and oxygen atoms in total. The van der Waals surface area contributed by atoms with Crippen molar-refractivity contribution in [2.75, 3.05) is 36.5 Å². The van der Waals surface area contributed by atoms with E-state index in [0.29, 0.717) is 43.5 Å². The van der Waals surface area contributed by atoms with E-state index in [4.69, 9.17) is 9.84 Å². The smallest absolute Gasteiger partial charge is 0.303 e. The highest BCUT2D eigenvalue weighted by Crippen LogP contribution is 2.23. The third-order valence-corrected chi connectivity index (χ3v) is 4.21. The second-order valence-electron chi connectivity index (χ2n) is 5.13. The van der Waals surface area contributed by atoms with Crippen LogP contribution in [0.3, 0.4) is 0 Å². The van der Waals surface area contributed by atoms with E-state index in [1.807, 2.05) is 4.90 Å². The third-order valence-electron chi connectivity index (χ3n) is 3.40. The molecule has 0 radical (unpaired) electrons. The van der Waals surface area contributed by atoms with E-state index in [1.165, 1.54) is 11.3 Å². The van der Waals surface area contributed by atoms with Crippen LogP contribution in [0.15, 0.2) is 11.6 Å². The van der Waals surface area contributed by atoms with Crippen molar-refractivity contribution < 1.29 is 19.0 Å². The molecule has 1 aliphatic rings. The second-order valence-corrected chi connectivity index (χ2v) is 5.99. The minimum Gasteiger partial charge on any atom is -0.481 e. The van der Waals surface area contributed by atoms with Crippen molar-refractivity contribution in [3.8, 4) is 0 Å². The molecule has 24 heavy (non-hydrogen) atoms. The first-order chi connectivity index (χ1) is 11.6. The molecule has 1 fully saturated rings. The summed E-state index contributed by atoms with van der Waals surface area (Å²) in [5.74, 6) is -0.867. The van der Waals surface area contributed by atoms with E-state index in [0.717, 1.165) is 6.20 Å². The van der Waals surface area contributed by atoms with Crippen LogP contribution in [0.2, 0.25) is 0 Å². The SMILES string of the molecule is O=C(O)CCc1csc(Nc2ncc(F)c(N3CCOCC3)n2)n1. The van der Waals surface area contributed by atoms with E-state index in [9.17, 15) is 9.18 Å². The maximum absolute atomic E-state index is 14.0. The van der Waals surface area contributed by atoms with Crippen molar-refractivity contribution in [2.45, 2.75) is 12.8 Å². The van der Waals surface area contributed by atoms with Gasteiger partial charge < -0.3 is 14.7 Å². The predicted molar refractivity (Wildman–Crippen MR) is 86.4 cm³/mol. The molecule has 3 heterocycles. The fourth-order valence-corrected chi connectivity index (χ4v) is 2.96. The van der Waals surface area contributed by atoms with Gasteiger partial charge >= 0.3 is 5.97 Å². The molecule has 0 aliphatic carbocycles. The zero-order valence-corrected chi connectivity index (χ0v) is 13.6. The van der Waals surface area contributed by atoms with Crippen LogP contribution in [-0.4, -0.2) is 52.3 Å². The minimum absolute atomic E-state index is 0.0252. The van der Waals surface area contributed by atoms with Crippen LogP contribution >= 0.6 is 11.3 Å². The number of carboxylic acid groups (broad SMARTS) is 1. The molecule has 0 saturated carbocycles. The number of halogens is 1. The quantitative estimate of drug-likeness (QED) is 0.809. The number of nitrogens with zero attached hydrogens (tertiary/aromatic N) is 4. The van der Waals surface area contributed by atoms with Crippen LogP contribution in [0.5, 0.6) is 0 Å². The summed E-state index contributed by atoms with van der Waals surface area (Å²) < 4.78 is 19.2. The average molecular weight is 353 g/mol. The lowest BCUT2D eigenvalue weighted by Gasteiger charge is -2.28. The molecule has 1 saturated heterocycles. The molecule has 0 aromatic carbocycles. The first-order valence-corrected chi connectivity index (χ1v) is 8.28. The van der Waals surface area contributed by atoms with E-state index in [1.54, 1.807) is 5.38 Å². The topological polar surface area (TPSA) is 100 Å². The van der Waals surface area contributed by atoms with Gasteiger partial charge in [0, 0.05) is 24.9 Å². The van der Waals surface area contributed by atoms with Crippen molar-refractivity contribution in [1.82, 2.24) is 15.0 Å². The Morgan fingerprint density at radius 1 is 1.42 bits per heavy atom. The van der Waals surface area contributed by atoms with Crippen molar-refractivity contribution in [1.29, 1.82) is 0 Å². The predicted octanol–water partition coefficient (Wildman–Crippen LogP) is 1.67. The molecule has 0 spiro atoms. The largest absolute Gasteiger partial charge is 0.481 e. The zero-order chi connectivity index (χ0) is 16.9. The summed E-state index contributed by atoms with van der Waals surface area (Å²) in [6.07, 6.45) is 1.51. The minimum atomic E-state index is -0.866. The van der Waals surface area contributed by atoms with Gasteiger partial charge in [-0.05, 0) is 0 Å². The summed E-state index contributed by atoms with van der Waals surface area (Å²) in [5, 5.41) is 13.9. The molecule has 0 bridgehead atoms. The summed E-state index contributed by atoms with van der Waals surface area (Å²) in [6, 6.07) is 0. The Morgan fingerprint density at radius 3 is 2.96 bits per heavy atom. The molecular weight excluding hydrogens is 337 g/mol. The number of morpholine rings is 1.